The predicted octanol–water partition coefficient (Wildman–Crippen LogP) is 2.64. The molecule has 7 heteroatoms. The van der Waals surface area contributed by atoms with Gasteiger partial charge in [-0.25, -0.2) is 9.97 Å². The highest BCUT2D eigenvalue weighted by atomic mass is 16.3. The first-order valence-corrected chi connectivity index (χ1v) is 8.97. The molecule has 4 rings (SSSR count). The van der Waals surface area contributed by atoms with Crippen LogP contribution < -0.4 is 10.2 Å². The molecular weight excluding hydrogens is 342 g/mol. The molecule has 2 aromatic heterocycles. The predicted molar refractivity (Wildman–Crippen MR) is 103 cm³/mol. The van der Waals surface area contributed by atoms with E-state index in [0.29, 0.717) is 31.1 Å². The number of piperazine rings is 1. The molecule has 0 atom stereocenters. The lowest BCUT2D eigenvalue weighted by atomic mass is 10.2. The molecule has 0 spiro atoms. The molecule has 0 bridgehead atoms. The van der Waals surface area contributed by atoms with E-state index in [9.17, 15) is 4.79 Å². The van der Waals surface area contributed by atoms with Gasteiger partial charge < -0.3 is 19.5 Å². The molecule has 27 heavy (non-hydrogen) atoms. The molecule has 3 aromatic rings. The van der Waals surface area contributed by atoms with E-state index < -0.39 is 0 Å². The molecule has 0 radical (unpaired) electrons. The summed E-state index contributed by atoms with van der Waals surface area (Å²) >= 11 is 0. The highest BCUT2D eigenvalue weighted by molar-refractivity contribution is 5.93. The fraction of sp³-hybridized carbons (Fsp3) is 0.250. The lowest BCUT2D eigenvalue weighted by molar-refractivity contribution is 0.0746. The lowest BCUT2D eigenvalue weighted by Crippen LogP contribution is -2.48. The van der Waals surface area contributed by atoms with Gasteiger partial charge in [0.25, 0.3) is 5.91 Å². The zero-order valence-corrected chi connectivity index (χ0v) is 14.9. The van der Waals surface area contributed by atoms with Crippen molar-refractivity contribution in [2.45, 2.75) is 6.54 Å². The van der Waals surface area contributed by atoms with Gasteiger partial charge in [-0.15, -0.1) is 0 Å². The van der Waals surface area contributed by atoms with Crippen molar-refractivity contribution in [2.75, 3.05) is 36.4 Å². The van der Waals surface area contributed by atoms with Crippen molar-refractivity contribution in [3.63, 3.8) is 0 Å². The standard InChI is InChI=1S/C20H21N5O2/c26-19(25-10-8-24(9-11-25)17-5-2-1-3-6-17)16-13-21-20(22-14-16)23-15-18-7-4-12-27-18/h1-7,12-14H,8-11,15H2,(H,21,22,23). The van der Waals surface area contributed by atoms with E-state index >= 15 is 0 Å². The van der Waals surface area contributed by atoms with Crippen LogP contribution in [0.4, 0.5) is 11.6 Å². The van der Waals surface area contributed by atoms with Crippen molar-refractivity contribution in [1.29, 1.82) is 0 Å². The number of carbonyl (C=O) groups excluding carboxylic acids is 1. The van der Waals surface area contributed by atoms with Gasteiger partial charge in [0.2, 0.25) is 5.95 Å². The number of furan rings is 1. The van der Waals surface area contributed by atoms with Crippen LogP contribution in [0.2, 0.25) is 0 Å². The maximum absolute atomic E-state index is 12.7. The highest BCUT2D eigenvalue weighted by Gasteiger charge is 2.22. The summed E-state index contributed by atoms with van der Waals surface area (Å²) in [6.07, 6.45) is 4.77. The van der Waals surface area contributed by atoms with Crippen LogP contribution in [0.3, 0.4) is 0 Å². The van der Waals surface area contributed by atoms with Crippen LogP contribution in [0.25, 0.3) is 0 Å². The van der Waals surface area contributed by atoms with E-state index in [0.717, 1.165) is 18.8 Å². The second-order valence-corrected chi connectivity index (χ2v) is 6.34. The van der Waals surface area contributed by atoms with E-state index in [1.165, 1.54) is 5.69 Å². The van der Waals surface area contributed by atoms with Gasteiger partial charge in [0.05, 0.1) is 18.4 Å². The summed E-state index contributed by atoms with van der Waals surface area (Å²) in [4.78, 5) is 25.3. The first-order valence-electron chi connectivity index (χ1n) is 8.97. The summed E-state index contributed by atoms with van der Waals surface area (Å²) in [5, 5.41) is 3.07. The van der Waals surface area contributed by atoms with Crippen molar-refractivity contribution in [3.8, 4) is 0 Å². The molecule has 0 unspecified atom stereocenters. The third-order valence-electron chi connectivity index (χ3n) is 4.59. The van der Waals surface area contributed by atoms with Crippen molar-refractivity contribution in [1.82, 2.24) is 14.9 Å². The Bertz CT molecular complexity index is 857. The number of carbonyl (C=O) groups is 1. The number of nitrogens with zero attached hydrogens (tertiary/aromatic N) is 4. The van der Waals surface area contributed by atoms with Gasteiger partial charge >= 0.3 is 0 Å². The molecule has 1 aliphatic rings. The van der Waals surface area contributed by atoms with Crippen LogP contribution in [0.1, 0.15) is 16.1 Å². The number of aromatic nitrogens is 2. The zero-order valence-electron chi connectivity index (χ0n) is 14.9. The Balaban J connectivity index is 1.32. The van der Waals surface area contributed by atoms with Gasteiger partial charge in [-0.05, 0) is 24.3 Å². The van der Waals surface area contributed by atoms with Crippen LogP contribution in [-0.2, 0) is 6.54 Å². The van der Waals surface area contributed by atoms with Crippen LogP contribution in [-0.4, -0.2) is 47.0 Å². The number of benzene rings is 1. The summed E-state index contributed by atoms with van der Waals surface area (Å²) in [5.74, 6) is 1.24. The number of hydrogen-bond acceptors (Lipinski definition) is 6. The van der Waals surface area contributed by atoms with Gasteiger partial charge in [-0.1, -0.05) is 18.2 Å². The Hall–Kier alpha value is -3.35. The molecule has 0 aliphatic carbocycles. The number of para-hydroxylation sites is 1. The van der Waals surface area contributed by atoms with Crippen molar-refractivity contribution in [2.24, 2.45) is 0 Å². The van der Waals surface area contributed by atoms with E-state index in [4.69, 9.17) is 4.42 Å². The molecule has 0 saturated carbocycles. The topological polar surface area (TPSA) is 74.5 Å². The number of anilines is 2. The Morgan fingerprint density at radius 1 is 1.00 bits per heavy atom. The molecule has 7 nitrogen and oxygen atoms in total. The van der Waals surface area contributed by atoms with Crippen molar-refractivity contribution >= 4 is 17.5 Å². The van der Waals surface area contributed by atoms with Gasteiger partial charge in [0, 0.05) is 44.3 Å². The maximum atomic E-state index is 12.7. The minimum absolute atomic E-state index is 0.0275. The molecule has 1 saturated heterocycles. The van der Waals surface area contributed by atoms with E-state index in [1.807, 2.05) is 35.2 Å². The van der Waals surface area contributed by atoms with E-state index in [1.54, 1.807) is 18.7 Å². The minimum Gasteiger partial charge on any atom is -0.467 e. The smallest absolute Gasteiger partial charge is 0.257 e. The Kier molecular flexibility index (Phi) is 5.00. The SMILES string of the molecule is O=C(c1cnc(NCc2ccco2)nc1)N1CCN(c2ccccc2)CC1. The number of amides is 1. The van der Waals surface area contributed by atoms with Crippen LogP contribution in [0, 0.1) is 0 Å². The Labute approximate surface area is 157 Å². The van der Waals surface area contributed by atoms with Gasteiger partial charge in [0.15, 0.2) is 0 Å². The lowest BCUT2D eigenvalue weighted by Gasteiger charge is -2.36. The summed E-state index contributed by atoms with van der Waals surface area (Å²) in [6.45, 7) is 3.51. The summed E-state index contributed by atoms with van der Waals surface area (Å²) < 4.78 is 5.25. The maximum Gasteiger partial charge on any atom is 0.257 e. The Morgan fingerprint density at radius 3 is 2.41 bits per heavy atom. The average molecular weight is 363 g/mol. The molecule has 1 aromatic carbocycles. The molecule has 1 N–H and O–H groups in total. The Morgan fingerprint density at radius 2 is 1.74 bits per heavy atom. The first-order chi connectivity index (χ1) is 13.3. The average Bonchev–Trinajstić information content (AvgIpc) is 3.27. The van der Waals surface area contributed by atoms with Gasteiger partial charge in [-0.2, -0.15) is 0 Å². The van der Waals surface area contributed by atoms with Crippen LogP contribution in [0.15, 0.2) is 65.5 Å². The third kappa shape index (κ3) is 4.08. The molecule has 3 heterocycles. The van der Waals surface area contributed by atoms with Gasteiger partial charge in [-0.3, -0.25) is 4.79 Å². The van der Waals surface area contributed by atoms with Crippen LogP contribution >= 0.6 is 0 Å². The number of rotatable bonds is 5. The quantitative estimate of drug-likeness (QED) is 0.751. The number of hydrogen-bond donors (Lipinski definition) is 1. The molecule has 1 fully saturated rings. The molecule has 138 valence electrons. The largest absolute Gasteiger partial charge is 0.467 e. The van der Waals surface area contributed by atoms with E-state index in [-0.39, 0.29) is 5.91 Å². The second kappa shape index (κ2) is 7.90. The fourth-order valence-electron chi connectivity index (χ4n) is 3.10. The zero-order chi connectivity index (χ0) is 18.5. The third-order valence-corrected chi connectivity index (χ3v) is 4.59. The number of nitrogens with one attached hydrogen (secondary N) is 1. The highest BCUT2D eigenvalue weighted by Crippen LogP contribution is 2.16. The molecular formula is C20H21N5O2. The van der Waals surface area contributed by atoms with Crippen molar-refractivity contribution in [3.05, 3.63) is 72.4 Å². The first kappa shape index (κ1) is 17.1. The van der Waals surface area contributed by atoms with Crippen LogP contribution in [0.5, 0.6) is 0 Å². The summed E-state index contributed by atoms with van der Waals surface area (Å²) in [7, 11) is 0. The summed E-state index contributed by atoms with van der Waals surface area (Å²) in [5.41, 5.74) is 1.70. The van der Waals surface area contributed by atoms with E-state index in [2.05, 4.69) is 32.3 Å². The molecule has 1 amide bonds. The normalized spacial score (nSPS) is 14.2. The fourth-order valence-corrected chi connectivity index (χ4v) is 3.10. The second-order valence-electron chi connectivity index (χ2n) is 6.34. The summed E-state index contributed by atoms with van der Waals surface area (Å²) in [6, 6.07) is 14.0. The van der Waals surface area contributed by atoms with Crippen molar-refractivity contribution < 1.29 is 9.21 Å². The monoisotopic (exact) mass is 363 g/mol. The van der Waals surface area contributed by atoms with Gasteiger partial charge in [0.1, 0.15) is 5.76 Å². The molecule has 1 aliphatic heterocycles. The minimum atomic E-state index is -0.0275.